The molecule has 0 unspecified atom stereocenters. The Hall–Kier alpha value is -3.23. The summed E-state index contributed by atoms with van der Waals surface area (Å²) in [5.41, 5.74) is 8.11. The summed E-state index contributed by atoms with van der Waals surface area (Å²) in [6, 6.07) is 20.4. The molecule has 0 saturated heterocycles. The molecule has 8 heteroatoms. The summed E-state index contributed by atoms with van der Waals surface area (Å²) < 4.78 is 6.85. The van der Waals surface area contributed by atoms with Gasteiger partial charge in [-0.05, 0) is 73.1 Å². The third-order valence-corrected chi connectivity index (χ3v) is 6.04. The van der Waals surface area contributed by atoms with E-state index in [1.807, 2.05) is 42.5 Å². The van der Waals surface area contributed by atoms with Gasteiger partial charge in [-0.3, -0.25) is 10.9 Å². The van der Waals surface area contributed by atoms with Crippen LogP contribution in [0.15, 0.2) is 67.0 Å². The maximum absolute atomic E-state index is 5.88. The molecule has 2 heterocycles. The van der Waals surface area contributed by atoms with Crippen molar-refractivity contribution in [2.45, 2.75) is 18.9 Å². The first kappa shape index (κ1) is 18.8. The summed E-state index contributed by atoms with van der Waals surface area (Å²) in [6.45, 7) is 0. The summed E-state index contributed by atoms with van der Waals surface area (Å²) in [5.74, 6) is 2.33. The minimum atomic E-state index is 0.499. The van der Waals surface area contributed by atoms with Gasteiger partial charge in [-0.1, -0.05) is 18.2 Å². The van der Waals surface area contributed by atoms with Crippen LogP contribution in [0.4, 0.5) is 5.82 Å². The van der Waals surface area contributed by atoms with E-state index in [2.05, 4.69) is 44.3 Å². The van der Waals surface area contributed by atoms with Crippen molar-refractivity contribution >= 4 is 44.7 Å². The molecule has 0 spiro atoms. The summed E-state index contributed by atoms with van der Waals surface area (Å²) in [6.07, 6.45) is 3.89. The van der Waals surface area contributed by atoms with Gasteiger partial charge in [-0.2, -0.15) is 0 Å². The molecule has 1 aliphatic rings. The number of rotatable bonds is 6. The minimum absolute atomic E-state index is 0.499. The number of benzene rings is 2. The first-order chi connectivity index (χ1) is 14.7. The number of hydrazine groups is 1. The molecule has 1 fully saturated rings. The van der Waals surface area contributed by atoms with Gasteiger partial charge in [0.25, 0.3) is 0 Å². The Balaban J connectivity index is 1.32. The van der Waals surface area contributed by atoms with Crippen LogP contribution in [0.3, 0.4) is 0 Å². The highest BCUT2D eigenvalue weighted by Crippen LogP contribution is 2.36. The van der Waals surface area contributed by atoms with Gasteiger partial charge in [0.05, 0.1) is 10.2 Å². The number of ether oxygens (including phenoxy) is 1. The van der Waals surface area contributed by atoms with Crippen molar-refractivity contribution in [1.29, 1.82) is 0 Å². The van der Waals surface area contributed by atoms with Crippen LogP contribution in [0.2, 0.25) is 0 Å². The number of thiocarbonyl (C=S) groups is 1. The van der Waals surface area contributed by atoms with Gasteiger partial charge in [0, 0.05) is 10.9 Å². The number of nitrogens with one attached hydrogen (secondary N) is 3. The summed E-state index contributed by atoms with van der Waals surface area (Å²) in [4.78, 5) is 9.87. The van der Waals surface area contributed by atoms with Crippen LogP contribution in [-0.2, 0) is 0 Å². The molecule has 6 nitrogen and oxygen atoms in total. The van der Waals surface area contributed by atoms with Crippen molar-refractivity contribution in [3.05, 3.63) is 67.0 Å². The molecule has 0 radical (unpaired) electrons. The largest absolute Gasteiger partial charge is 0.457 e. The van der Waals surface area contributed by atoms with Crippen LogP contribution in [0, 0.1) is 0 Å². The van der Waals surface area contributed by atoms with Crippen molar-refractivity contribution in [3.8, 4) is 21.9 Å². The minimum Gasteiger partial charge on any atom is -0.457 e. The Kier molecular flexibility index (Phi) is 5.17. The van der Waals surface area contributed by atoms with E-state index in [1.54, 1.807) is 17.7 Å². The zero-order valence-corrected chi connectivity index (χ0v) is 17.6. The lowest BCUT2D eigenvalue weighted by molar-refractivity contribution is 0.483. The van der Waals surface area contributed by atoms with E-state index in [1.165, 1.54) is 12.8 Å². The molecule has 1 aliphatic carbocycles. The highest BCUT2D eigenvalue weighted by molar-refractivity contribution is 7.80. The predicted molar refractivity (Wildman–Crippen MR) is 125 cm³/mol. The van der Waals surface area contributed by atoms with Gasteiger partial charge < -0.3 is 10.1 Å². The van der Waals surface area contributed by atoms with Gasteiger partial charge in [0.2, 0.25) is 0 Å². The zero-order valence-electron chi connectivity index (χ0n) is 16.0. The number of thiophene rings is 1. The van der Waals surface area contributed by atoms with Gasteiger partial charge in [-0.25, -0.2) is 9.97 Å². The molecule has 2 aromatic carbocycles. The van der Waals surface area contributed by atoms with Crippen LogP contribution in [-0.4, -0.2) is 21.1 Å². The standard InChI is InChI=1S/C22H19N5OS2/c29-22(25-15-8-9-15)27-26-21-20-18(23-13-24-21)12-19(30-20)14-6-10-17(11-7-14)28-16-4-2-1-3-5-16/h1-7,10-13,15H,8-9H2,(H,23,24,26)(H2,25,27,29). The summed E-state index contributed by atoms with van der Waals surface area (Å²) >= 11 is 6.93. The summed E-state index contributed by atoms with van der Waals surface area (Å²) in [7, 11) is 0. The van der Waals surface area contributed by atoms with Crippen LogP contribution < -0.4 is 20.9 Å². The molecule has 5 rings (SSSR count). The van der Waals surface area contributed by atoms with Crippen molar-refractivity contribution in [1.82, 2.24) is 20.7 Å². The lowest BCUT2D eigenvalue weighted by Crippen LogP contribution is -2.40. The molecular weight excluding hydrogens is 414 g/mol. The molecule has 0 atom stereocenters. The average molecular weight is 434 g/mol. The van der Waals surface area contributed by atoms with Gasteiger partial charge in [-0.15, -0.1) is 11.3 Å². The van der Waals surface area contributed by atoms with E-state index in [9.17, 15) is 0 Å². The van der Waals surface area contributed by atoms with Gasteiger partial charge in [0.1, 0.15) is 17.8 Å². The highest BCUT2D eigenvalue weighted by Gasteiger charge is 2.21. The topological polar surface area (TPSA) is 71.1 Å². The van der Waals surface area contributed by atoms with Crippen molar-refractivity contribution in [2.24, 2.45) is 0 Å². The van der Waals surface area contributed by atoms with E-state index in [0.29, 0.717) is 17.0 Å². The fraction of sp³-hybridized carbons (Fsp3) is 0.136. The van der Waals surface area contributed by atoms with Crippen LogP contribution >= 0.6 is 23.6 Å². The van der Waals surface area contributed by atoms with Crippen LogP contribution in [0.5, 0.6) is 11.5 Å². The number of fused-ring (bicyclic) bond motifs is 1. The van der Waals surface area contributed by atoms with Crippen LogP contribution in [0.1, 0.15) is 12.8 Å². The SMILES string of the molecule is S=C(NNc1ncnc2cc(-c3ccc(Oc4ccccc4)cc3)sc12)NC1CC1. The molecule has 30 heavy (non-hydrogen) atoms. The molecule has 0 bridgehead atoms. The summed E-state index contributed by atoms with van der Waals surface area (Å²) in [5, 5.41) is 3.81. The molecule has 0 amide bonds. The first-order valence-electron chi connectivity index (χ1n) is 9.65. The molecule has 4 aromatic rings. The number of aromatic nitrogens is 2. The number of hydrogen-bond acceptors (Lipinski definition) is 6. The molecule has 3 N–H and O–H groups in total. The average Bonchev–Trinajstić information content (AvgIpc) is 3.47. The molecule has 0 aliphatic heterocycles. The van der Waals surface area contributed by atoms with Crippen molar-refractivity contribution in [2.75, 3.05) is 5.43 Å². The second kappa shape index (κ2) is 8.25. The maximum Gasteiger partial charge on any atom is 0.185 e. The zero-order chi connectivity index (χ0) is 20.3. The van der Waals surface area contributed by atoms with Gasteiger partial charge >= 0.3 is 0 Å². The van der Waals surface area contributed by atoms with Crippen LogP contribution in [0.25, 0.3) is 20.7 Å². The molecule has 1 saturated carbocycles. The predicted octanol–water partition coefficient (Wildman–Crippen LogP) is 5.10. The number of para-hydroxylation sites is 1. The Morgan fingerprint density at radius 1 is 1.00 bits per heavy atom. The Morgan fingerprint density at radius 3 is 2.53 bits per heavy atom. The van der Waals surface area contributed by atoms with Crippen molar-refractivity contribution in [3.63, 3.8) is 0 Å². The normalized spacial score (nSPS) is 13.1. The second-order valence-electron chi connectivity index (χ2n) is 6.98. The highest BCUT2D eigenvalue weighted by atomic mass is 32.1. The first-order valence-corrected chi connectivity index (χ1v) is 10.9. The molecule has 2 aromatic heterocycles. The lowest BCUT2D eigenvalue weighted by atomic mass is 10.2. The van der Waals surface area contributed by atoms with E-state index in [4.69, 9.17) is 17.0 Å². The van der Waals surface area contributed by atoms with E-state index < -0.39 is 0 Å². The van der Waals surface area contributed by atoms with Crippen molar-refractivity contribution < 1.29 is 4.74 Å². The Labute approximate surface area is 183 Å². The Bertz CT molecular complexity index is 1170. The van der Waals surface area contributed by atoms with E-state index in [-0.39, 0.29) is 0 Å². The van der Waals surface area contributed by atoms with Gasteiger partial charge in [0.15, 0.2) is 10.9 Å². The quantitative estimate of drug-likeness (QED) is 0.288. The third-order valence-electron chi connectivity index (χ3n) is 4.64. The fourth-order valence-electron chi connectivity index (χ4n) is 2.96. The van der Waals surface area contributed by atoms with E-state index in [0.717, 1.165) is 32.2 Å². The molecule has 150 valence electrons. The monoisotopic (exact) mass is 433 g/mol. The number of anilines is 1. The number of hydrogen-bond donors (Lipinski definition) is 3. The fourth-order valence-corrected chi connectivity index (χ4v) is 4.24. The Morgan fingerprint density at radius 2 is 1.77 bits per heavy atom. The second-order valence-corrected chi connectivity index (χ2v) is 8.44. The molecular formula is C22H19N5OS2. The maximum atomic E-state index is 5.88. The third kappa shape index (κ3) is 4.34. The smallest absolute Gasteiger partial charge is 0.185 e. The van der Waals surface area contributed by atoms with E-state index >= 15 is 0 Å². The number of nitrogens with zero attached hydrogens (tertiary/aromatic N) is 2. The lowest BCUT2D eigenvalue weighted by Gasteiger charge is -2.11.